The van der Waals surface area contributed by atoms with Gasteiger partial charge in [0.05, 0.1) is 6.54 Å². The van der Waals surface area contributed by atoms with Crippen molar-refractivity contribution in [1.29, 1.82) is 0 Å². The molecule has 5 heteroatoms. The van der Waals surface area contributed by atoms with Gasteiger partial charge in [0.1, 0.15) is 6.04 Å². The highest BCUT2D eigenvalue weighted by Gasteiger charge is 2.22. The van der Waals surface area contributed by atoms with Gasteiger partial charge in [0.25, 0.3) is 5.91 Å². The van der Waals surface area contributed by atoms with Gasteiger partial charge in [0.15, 0.2) is 6.54 Å². The minimum Gasteiger partial charge on any atom is -0.358 e. The Bertz CT molecular complexity index is 577. The lowest BCUT2D eigenvalue weighted by Crippen LogP contribution is -2.88. The first kappa shape index (κ1) is 20.4. The minimum atomic E-state index is -0.183. The van der Waals surface area contributed by atoms with Crippen molar-refractivity contribution in [2.24, 2.45) is 5.92 Å². The Hall–Kier alpha value is -1.88. The summed E-state index contributed by atoms with van der Waals surface area (Å²) in [7, 11) is 1.56. The average molecular weight is 361 g/mol. The van der Waals surface area contributed by atoms with Crippen LogP contribution in [0.5, 0.6) is 0 Å². The van der Waals surface area contributed by atoms with Crippen LogP contribution in [-0.4, -0.2) is 32.0 Å². The third-order valence-corrected chi connectivity index (χ3v) is 5.40. The highest BCUT2D eigenvalue weighted by molar-refractivity contribution is 5.84. The lowest BCUT2D eigenvalue weighted by molar-refractivity contribution is -0.692. The van der Waals surface area contributed by atoms with Crippen molar-refractivity contribution in [3.63, 3.8) is 0 Å². The molecule has 26 heavy (non-hydrogen) atoms. The first-order chi connectivity index (χ1) is 12.5. The van der Waals surface area contributed by atoms with Crippen LogP contribution in [0, 0.1) is 5.92 Å². The summed E-state index contributed by atoms with van der Waals surface area (Å²) in [6.07, 6.45) is 6.69. The fraction of sp³-hybridized carbons (Fsp3) is 0.619. The molecule has 0 heterocycles. The maximum atomic E-state index is 12.0. The quantitative estimate of drug-likeness (QED) is 0.662. The third-order valence-electron chi connectivity index (χ3n) is 5.40. The van der Waals surface area contributed by atoms with Gasteiger partial charge in [0.2, 0.25) is 5.91 Å². The van der Waals surface area contributed by atoms with Crippen molar-refractivity contribution in [2.45, 2.75) is 57.9 Å². The molecular formula is C21H34N3O2+. The molecule has 2 amide bonds. The van der Waals surface area contributed by atoms with Crippen LogP contribution in [0.25, 0.3) is 0 Å². The van der Waals surface area contributed by atoms with Crippen LogP contribution in [0.1, 0.15) is 69.0 Å². The van der Waals surface area contributed by atoms with E-state index in [-0.39, 0.29) is 24.4 Å². The molecule has 5 nitrogen and oxygen atoms in total. The van der Waals surface area contributed by atoms with E-state index < -0.39 is 0 Å². The number of hydrogen-bond donors (Lipinski definition) is 3. The first-order valence-electron chi connectivity index (χ1n) is 9.91. The number of quaternary nitrogens is 1. The highest BCUT2D eigenvalue weighted by Crippen LogP contribution is 2.33. The van der Waals surface area contributed by atoms with Gasteiger partial charge in [-0.15, -0.1) is 0 Å². The molecule has 0 radical (unpaired) electrons. The van der Waals surface area contributed by atoms with Crippen molar-refractivity contribution >= 4 is 11.8 Å². The Morgan fingerprint density at radius 2 is 1.73 bits per heavy atom. The number of carbonyl (C=O) groups excluding carboxylic acids is 2. The zero-order valence-electron chi connectivity index (χ0n) is 16.4. The fourth-order valence-corrected chi connectivity index (χ4v) is 3.79. The molecule has 0 spiro atoms. The number of nitrogens with one attached hydrogen (secondary N) is 2. The van der Waals surface area contributed by atoms with Crippen LogP contribution in [0.2, 0.25) is 0 Å². The van der Waals surface area contributed by atoms with Gasteiger partial charge in [-0.25, -0.2) is 0 Å². The molecule has 144 valence electrons. The van der Waals surface area contributed by atoms with Gasteiger partial charge >= 0.3 is 0 Å². The second-order valence-electron chi connectivity index (χ2n) is 7.66. The van der Waals surface area contributed by atoms with E-state index in [9.17, 15) is 9.59 Å². The van der Waals surface area contributed by atoms with E-state index in [1.54, 1.807) is 7.05 Å². The molecule has 0 bridgehead atoms. The summed E-state index contributed by atoms with van der Waals surface area (Å²) >= 11 is 0. The standard InChI is InChI=1S/C21H33N3O2/c1-15(2)21(24-14-20(26)23-13-19(25)22-3)18-11-9-17(10-12-18)16-7-5-4-6-8-16/h9-12,15-16,21,24H,4-8,13-14H2,1-3H3,(H,22,25)(H,23,26)/p+1/t21-/m1/s1. The maximum absolute atomic E-state index is 12.0. The molecule has 1 aromatic carbocycles. The zero-order chi connectivity index (χ0) is 18.9. The summed E-state index contributed by atoms with van der Waals surface area (Å²) in [4.78, 5) is 23.2. The van der Waals surface area contributed by atoms with Crippen molar-refractivity contribution < 1.29 is 14.9 Å². The third kappa shape index (κ3) is 6.13. The molecule has 1 aliphatic carbocycles. The van der Waals surface area contributed by atoms with Gasteiger partial charge in [-0.2, -0.15) is 0 Å². The highest BCUT2D eigenvalue weighted by atomic mass is 16.2. The lowest BCUT2D eigenvalue weighted by atomic mass is 9.83. The molecule has 1 fully saturated rings. The smallest absolute Gasteiger partial charge is 0.275 e. The SMILES string of the molecule is CNC(=O)CNC(=O)C[NH2+][C@@H](c1ccc(C2CCCCC2)cc1)C(C)C. The summed E-state index contributed by atoms with van der Waals surface area (Å²) in [5.41, 5.74) is 2.72. The molecule has 2 rings (SSSR count). The molecule has 0 saturated heterocycles. The summed E-state index contributed by atoms with van der Waals surface area (Å²) in [5, 5.41) is 7.22. The monoisotopic (exact) mass is 360 g/mol. The van der Waals surface area contributed by atoms with Crippen LogP contribution in [0.4, 0.5) is 0 Å². The second kappa shape index (κ2) is 10.3. The van der Waals surface area contributed by atoms with E-state index in [0.717, 1.165) is 5.92 Å². The lowest BCUT2D eigenvalue weighted by Gasteiger charge is -2.23. The van der Waals surface area contributed by atoms with Gasteiger partial charge in [-0.05, 0) is 24.3 Å². The minimum absolute atomic E-state index is 0.0333. The molecule has 1 atom stereocenters. The van der Waals surface area contributed by atoms with Gasteiger partial charge in [0, 0.05) is 18.5 Å². The number of nitrogens with two attached hydrogens (primary N) is 1. The number of amides is 2. The Morgan fingerprint density at radius 3 is 2.31 bits per heavy atom. The number of hydrogen-bond acceptors (Lipinski definition) is 2. The van der Waals surface area contributed by atoms with Crippen molar-refractivity contribution in [2.75, 3.05) is 20.1 Å². The summed E-state index contributed by atoms with van der Waals surface area (Å²) in [6.45, 7) is 4.72. The molecule has 0 aliphatic heterocycles. The van der Waals surface area contributed by atoms with Crippen molar-refractivity contribution in [3.05, 3.63) is 35.4 Å². The average Bonchev–Trinajstić information content (AvgIpc) is 2.67. The fourth-order valence-electron chi connectivity index (χ4n) is 3.79. The molecule has 0 unspecified atom stereocenters. The topological polar surface area (TPSA) is 74.8 Å². The van der Waals surface area contributed by atoms with Crippen LogP contribution in [-0.2, 0) is 9.59 Å². The normalized spacial score (nSPS) is 16.3. The molecule has 1 aliphatic rings. The van der Waals surface area contributed by atoms with E-state index in [1.807, 2.05) is 0 Å². The molecule has 1 saturated carbocycles. The van der Waals surface area contributed by atoms with Crippen LogP contribution < -0.4 is 16.0 Å². The van der Waals surface area contributed by atoms with Gasteiger partial charge in [-0.3, -0.25) is 9.59 Å². The zero-order valence-corrected chi connectivity index (χ0v) is 16.4. The van der Waals surface area contributed by atoms with E-state index in [1.165, 1.54) is 43.2 Å². The van der Waals surface area contributed by atoms with Crippen LogP contribution in [0.3, 0.4) is 0 Å². The van der Waals surface area contributed by atoms with Gasteiger partial charge < -0.3 is 16.0 Å². The Balaban J connectivity index is 1.91. The Labute approximate surface area is 157 Å². The largest absolute Gasteiger partial charge is 0.358 e. The van der Waals surface area contributed by atoms with E-state index in [4.69, 9.17) is 0 Å². The molecular weight excluding hydrogens is 326 g/mol. The Kier molecular flexibility index (Phi) is 8.10. The number of likely N-dealkylation sites (N-methyl/N-ethyl adjacent to an activating group) is 1. The maximum Gasteiger partial charge on any atom is 0.275 e. The molecule has 4 N–H and O–H groups in total. The summed E-state index contributed by atoms with van der Waals surface area (Å²) in [6, 6.07) is 9.25. The summed E-state index contributed by atoms with van der Waals surface area (Å²) in [5.74, 6) is 0.840. The van der Waals surface area contributed by atoms with Crippen LogP contribution >= 0.6 is 0 Å². The molecule has 0 aromatic heterocycles. The number of carbonyl (C=O) groups is 2. The van der Waals surface area contributed by atoms with E-state index >= 15 is 0 Å². The first-order valence-corrected chi connectivity index (χ1v) is 9.91. The second-order valence-corrected chi connectivity index (χ2v) is 7.66. The van der Waals surface area contributed by atoms with E-state index in [0.29, 0.717) is 12.5 Å². The number of benzene rings is 1. The predicted octanol–water partition coefficient (Wildman–Crippen LogP) is 1.86. The van der Waals surface area contributed by atoms with Crippen molar-refractivity contribution in [1.82, 2.24) is 10.6 Å². The van der Waals surface area contributed by atoms with E-state index in [2.05, 4.69) is 54.1 Å². The summed E-state index contributed by atoms with van der Waals surface area (Å²) < 4.78 is 0. The van der Waals surface area contributed by atoms with Crippen LogP contribution in [0.15, 0.2) is 24.3 Å². The molecule has 1 aromatic rings. The number of rotatable bonds is 8. The van der Waals surface area contributed by atoms with Gasteiger partial charge in [-0.1, -0.05) is 57.4 Å². The Morgan fingerprint density at radius 1 is 1.08 bits per heavy atom. The van der Waals surface area contributed by atoms with Crippen molar-refractivity contribution in [3.8, 4) is 0 Å². The predicted molar refractivity (Wildman–Crippen MR) is 104 cm³/mol.